The lowest BCUT2D eigenvalue weighted by Gasteiger charge is -2.21. The highest BCUT2D eigenvalue weighted by atomic mass is 35.5. The molecule has 3 N–H and O–H groups in total. The van der Waals surface area contributed by atoms with Gasteiger partial charge in [-0.3, -0.25) is 4.79 Å². The van der Waals surface area contributed by atoms with Gasteiger partial charge in [0.25, 0.3) is 5.91 Å². The largest absolute Gasteiger partial charge is 0.495 e. The number of nitrogens with two attached hydrogens (primary N) is 1. The molecule has 1 heterocycles. The molecule has 1 atom stereocenters. The second kappa shape index (κ2) is 7.21. The van der Waals surface area contributed by atoms with Crippen LogP contribution in [0.5, 0.6) is 5.75 Å². The Bertz CT molecular complexity index is 434. The first kappa shape index (κ1) is 15.6. The van der Waals surface area contributed by atoms with E-state index in [1.54, 1.807) is 25.3 Å². The zero-order chi connectivity index (χ0) is 13.0. The summed E-state index contributed by atoms with van der Waals surface area (Å²) >= 11 is 0. The molecule has 0 radical (unpaired) electrons. The van der Waals surface area contributed by atoms with Crippen LogP contribution in [-0.2, 0) is 9.53 Å². The van der Waals surface area contributed by atoms with E-state index in [-0.39, 0.29) is 24.4 Å². The van der Waals surface area contributed by atoms with Gasteiger partial charge in [0.1, 0.15) is 11.9 Å². The van der Waals surface area contributed by atoms with Crippen molar-refractivity contribution in [1.82, 2.24) is 0 Å². The van der Waals surface area contributed by atoms with E-state index in [9.17, 15) is 4.79 Å². The van der Waals surface area contributed by atoms with Crippen molar-refractivity contribution in [3.05, 3.63) is 18.2 Å². The average molecular weight is 287 g/mol. The summed E-state index contributed by atoms with van der Waals surface area (Å²) in [4.78, 5) is 11.9. The van der Waals surface area contributed by atoms with Gasteiger partial charge in [-0.15, -0.1) is 12.4 Å². The lowest BCUT2D eigenvalue weighted by Crippen LogP contribution is -2.33. The highest BCUT2D eigenvalue weighted by Crippen LogP contribution is 2.25. The van der Waals surface area contributed by atoms with Gasteiger partial charge in [0.15, 0.2) is 0 Å². The van der Waals surface area contributed by atoms with Gasteiger partial charge < -0.3 is 20.5 Å². The monoisotopic (exact) mass is 286 g/mol. The smallest absolute Gasteiger partial charge is 0.253 e. The van der Waals surface area contributed by atoms with E-state index in [0.717, 1.165) is 19.3 Å². The number of methoxy groups -OCH3 is 1. The van der Waals surface area contributed by atoms with Crippen molar-refractivity contribution in [2.75, 3.05) is 24.8 Å². The molecule has 2 rings (SSSR count). The Labute approximate surface area is 118 Å². The first-order valence-corrected chi connectivity index (χ1v) is 6.06. The Morgan fingerprint density at radius 2 is 2.26 bits per heavy atom. The summed E-state index contributed by atoms with van der Waals surface area (Å²) in [5.74, 6) is 0.487. The van der Waals surface area contributed by atoms with Crippen LogP contribution in [0.15, 0.2) is 18.2 Å². The molecule has 19 heavy (non-hydrogen) atoms. The van der Waals surface area contributed by atoms with Gasteiger partial charge >= 0.3 is 0 Å². The predicted molar refractivity (Wildman–Crippen MR) is 76.9 cm³/mol. The van der Waals surface area contributed by atoms with Gasteiger partial charge in [0.2, 0.25) is 0 Å². The number of halogens is 1. The topological polar surface area (TPSA) is 73.6 Å². The van der Waals surface area contributed by atoms with E-state index in [1.807, 2.05) is 0 Å². The number of hydrogen-bond acceptors (Lipinski definition) is 4. The van der Waals surface area contributed by atoms with Crippen LogP contribution in [0.3, 0.4) is 0 Å². The third-order valence-electron chi connectivity index (χ3n) is 2.97. The fourth-order valence-electron chi connectivity index (χ4n) is 1.98. The maximum atomic E-state index is 11.9. The summed E-state index contributed by atoms with van der Waals surface area (Å²) in [5.41, 5.74) is 6.94. The molecule has 0 saturated carbocycles. The van der Waals surface area contributed by atoms with Crippen LogP contribution in [0.1, 0.15) is 19.3 Å². The minimum atomic E-state index is -0.345. The molecule has 0 aromatic heterocycles. The molecule has 1 aromatic carbocycles. The Kier molecular flexibility index (Phi) is 5.92. The Morgan fingerprint density at radius 3 is 2.84 bits per heavy atom. The van der Waals surface area contributed by atoms with Gasteiger partial charge in [0, 0.05) is 12.3 Å². The second-order valence-corrected chi connectivity index (χ2v) is 4.30. The van der Waals surface area contributed by atoms with Gasteiger partial charge in [0.05, 0.1) is 12.8 Å². The predicted octanol–water partition coefficient (Wildman–Crippen LogP) is 2.21. The van der Waals surface area contributed by atoms with Crippen LogP contribution in [0, 0.1) is 0 Å². The molecule has 1 amide bonds. The molecule has 5 nitrogen and oxygen atoms in total. The van der Waals surface area contributed by atoms with Crippen LogP contribution in [0.2, 0.25) is 0 Å². The van der Waals surface area contributed by atoms with E-state index < -0.39 is 0 Å². The molecule has 1 aliphatic heterocycles. The highest BCUT2D eigenvalue weighted by molar-refractivity contribution is 5.94. The van der Waals surface area contributed by atoms with Crippen LogP contribution < -0.4 is 15.8 Å². The van der Waals surface area contributed by atoms with E-state index in [1.165, 1.54) is 0 Å². The van der Waals surface area contributed by atoms with Gasteiger partial charge in [-0.25, -0.2) is 0 Å². The van der Waals surface area contributed by atoms with Crippen LogP contribution >= 0.6 is 12.4 Å². The minimum Gasteiger partial charge on any atom is -0.495 e. The quantitative estimate of drug-likeness (QED) is 0.836. The fourth-order valence-corrected chi connectivity index (χ4v) is 1.98. The number of rotatable bonds is 3. The Balaban J connectivity index is 0.00000180. The summed E-state index contributed by atoms with van der Waals surface area (Å²) in [6, 6.07) is 5.17. The zero-order valence-electron chi connectivity index (χ0n) is 10.8. The van der Waals surface area contributed by atoms with Crippen LogP contribution in [0.4, 0.5) is 11.4 Å². The summed E-state index contributed by atoms with van der Waals surface area (Å²) in [5, 5.41) is 2.80. The van der Waals surface area contributed by atoms with Crippen LogP contribution in [0.25, 0.3) is 0 Å². The number of hydrogen-bond donors (Lipinski definition) is 2. The first-order chi connectivity index (χ1) is 8.70. The Hall–Kier alpha value is -1.46. The molecule has 0 aliphatic carbocycles. The number of amides is 1. The van der Waals surface area contributed by atoms with Crippen molar-refractivity contribution in [3.8, 4) is 5.75 Å². The van der Waals surface area contributed by atoms with Crippen molar-refractivity contribution < 1.29 is 14.3 Å². The first-order valence-electron chi connectivity index (χ1n) is 6.06. The third kappa shape index (κ3) is 4.01. The van der Waals surface area contributed by atoms with Crippen molar-refractivity contribution >= 4 is 29.7 Å². The highest BCUT2D eigenvalue weighted by Gasteiger charge is 2.21. The van der Waals surface area contributed by atoms with Crippen molar-refractivity contribution in [2.24, 2.45) is 0 Å². The molecule has 106 valence electrons. The summed E-state index contributed by atoms with van der Waals surface area (Å²) < 4.78 is 10.5. The molecular weight excluding hydrogens is 268 g/mol. The van der Waals surface area contributed by atoms with Gasteiger partial charge in [-0.2, -0.15) is 0 Å². The lowest BCUT2D eigenvalue weighted by atomic mass is 10.1. The van der Waals surface area contributed by atoms with Crippen LogP contribution in [-0.4, -0.2) is 25.7 Å². The van der Waals surface area contributed by atoms with Gasteiger partial charge in [-0.1, -0.05) is 0 Å². The SMILES string of the molecule is COc1ccc(NC(=O)C2CCCCO2)cc1N.Cl. The molecule has 1 aliphatic rings. The lowest BCUT2D eigenvalue weighted by molar-refractivity contribution is -0.129. The number of ether oxygens (including phenoxy) is 2. The zero-order valence-corrected chi connectivity index (χ0v) is 11.7. The molecule has 6 heteroatoms. The summed E-state index contributed by atoms with van der Waals surface area (Å²) in [6.07, 6.45) is 2.49. The maximum Gasteiger partial charge on any atom is 0.253 e. The molecule has 1 saturated heterocycles. The number of carbonyl (C=O) groups is 1. The average Bonchev–Trinajstić information content (AvgIpc) is 2.40. The fraction of sp³-hybridized carbons (Fsp3) is 0.462. The van der Waals surface area contributed by atoms with E-state index in [2.05, 4.69) is 5.32 Å². The summed E-state index contributed by atoms with van der Waals surface area (Å²) in [7, 11) is 1.56. The standard InChI is InChI=1S/C13H18N2O3.ClH/c1-17-11-6-5-9(8-10(11)14)15-13(16)12-4-2-3-7-18-12;/h5-6,8,12H,2-4,7,14H2,1H3,(H,15,16);1H. The number of anilines is 2. The molecular formula is C13H19ClN2O3. The van der Waals surface area contributed by atoms with E-state index >= 15 is 0 Å². The van der Waals surface area contributed by atoms with E-state index in [0.29, 0.717) is 23.7 Å². The van der Waals surface area contributed by atoms with Crippen molar-refractivity contribution in [3.63, 3.8) is 0 Å². The molecule has 1 fully saturated rings. The van der Waals surface area contributed by atoms with Gasteiger partial charge in [-0.05, 0) is 37.5 Å². The second-order valence-electron chi connectivity index (χ2n) is 4.30. The minimum absolute atomic E-state index is 0. The summed E-state index contributed by atoms with van der Waals surface area (Å²) in [6.45, 7) is 0.656. The number of nitrogen functional groups attached to an aromatic ring is 1. The number of carbonyl (C=O) groups excluding carboxylic acids is 1. The molecule has 1 unspecified atom stereocenters. The Morgan fingerprint density at radius 1 is 1.47 bits per heavy atom. The maximum absolute atomic E-state index is 11.9. The van der Waals surface area contributed by atoms with E-state index in [4.69, 9.17) is 15.2 Å². The molecule has 0 bridgehead atoms. The van der Waals surface area contributed by atoms with Crippen molar-refractivity contribution in [1.29, 1.82) is 0 Å². The number of nitrogens with one attached hydrogen (secondary N) is 1. The van der Waals surface area contributed by atoms with Crippen molar-refractivity contribution in [2.45, 2.75) is 25.4 Å². The molecule has 0 spiro atoms. The third-order valence-corrected chi connectivity index (χ3v) is 2.97. The normalized spacial score (nSPS) is 18.3. The number of benzene rings is 1. The molecule has 1 aromatic rings.